The third-order valence-electron chi connectivity index (χ3n) is 3.11. The number of rotatable bonds is 7. The fourth-order valence-electron chi connectivity index (χ4n) is 2.01. The lowest BCUT2D eigenvalue weighted by Crippen LogP contribution is -2.17. The van der Waals surface area contributed by atoms with E-state index in [1.807, 2.05) is 13.8 Å². The van der Waals surface area contributed by atoms with E-state index >= 15 is 0 Å². The van der Waals surface area contributed by atoms with E-state index in [9.17, 15) is 9.90 Å². The summed E-state index contributed by atoms with van der Waals surface area (Å²) in [6.45, 7) is 4.72. The lowest BCUT2D eigenvalue weighted by molar-refractivity contribution is 0.0954. The molecule has 2 rings (SSSR count). The lowest BCUT2D eigenvalue weighted by atomic mass is 10.2. The molecule has 0 saturated carbocycles. The van der Waals surface area contributed by atoms with Crippen LogP contribution in [0, 0.1) is 0 Å². The Kier molecular flexibility index (Phi) is 6.19. The second-order valence-corrected chi connectivity index (χ2v) is 4.79. The summed E-state index contributed by atoms with van der Waals surface area (Å²) in [7, 11) is 0. The number of para-hydroxylation sites is 1. The second kappa shape index (κ2) is 8.57. The van der Waals surface area contributed by atoms with Crippen LogP contribution in [0.1, 0.15) is 29.8 Å². The highest BCUT2D eigenvalue weighted by atomic mass is 16.5. The van der Waals surface area contributed by atoms with Crippen molar-refractivity contribution >= 4 is 12.1 Å². The third-order valence-corrected chi connectivity index (χ3v) is 3.11. The Morgan fingerprint density at radius 2 is 1.83 bits per heavy atom. The molecular formula is C18H20N2O4. The third kappa shape index (κ3) is 4.49. The molecule has 2 N–H and O–H groups in total. The summed E-state index contributed by atoms with van der Waals surface area (Å²) in [6.07, 6.45) is 1.38. The number of hydrogen-bond donors (Lipinski definition) is 2. The predicted molar refractivity (Wildman–Crippen MR) is 91.9 cm³/mol. The summed E-state index contributed by atoms with van der Waals surface area (Å²) in [5, 5.41) is 13.5. The van der Waals surface area contributed by atoms with Crippen molar-refractivity contribution in [2.45, 2.75) is 13.8 Å². The van der Waals surface area contributed by atoms with E-state index < -0.39 is 0 Å². The van der Waals surface area contributed by atoms with E-state index in [2.05, 4.69) is 10.5 Å². The molecule has 0 aliphatic rings. The van der Waals surface area contributed by atoms with Gasteiger partial charge in [-0.1, -0.05) is 12.1 Å². The zero-order valence-electron chi connectivity index (χ0n) is 13.7. The lowest BCUT2D eigenvalue weighted by Gasteiger charge is -2.11. The van der Waals surface area contributed by atoms with Crippen LogP contribution >= 0.6 is 0 Å². The fraction of sp³-hybridized carbons (Fsp3) is 0.222. The van der Waals surface area contributed by atoms with Crippen LogP contribution in [0.5, 0.6) is 17.2 Å². The van der Waals surface area contributed by atoms with Gasteiger partial charge in [0.1, 0.15) is 5.75 Å². The Bertz CT molecular complexity index is 729. The number of ether oxygens (including phenoxy) is 2. The van der Waals surface area contributed by atoms with Crippen LogP contribution in [0.25, 0.3) is 0 Å². The minimum absolute atomic E-state index is 0.0928. The van der Waals surface area contributed by atoms with Gasteiger partial charge >= 0.3 is 0 Å². The maximum Gasteiger partial charge on any atom is 0.271 e. The van der Waals surface area contributed by atoms with Crippen molar-refractivity contribution in [1.82, 2.24) is 5.43 Å². The van der Waals surface area contributed by atoms with Gasteiger partial charge in [0.2, 0.25) is 0 Å². The number of carbonyl (C=O) groups is 1. The van der Waals surface area contributed by atoms with Crippen molar-refractivity contribution in [3.63, 3.8) is 0 Å². The van der Waals surface area contributed by atoms with E-state index in [0.29, 0.717) is 35.8 Å². The number of phenolic OH excluding ortho intramolecular Hbond substituents is 1. The Hall–Kier alpha value is -3.02. The SMILES string of the molecule is CCOc1ccc(C(=O)N/N=C/c2ccccc2O)cc1OCC. The molecule has 0 heterocycles. The molecule has 2 aromatic carbocycles. The van der Waals surface area contributed by atoms with Gasteiger partial charge in [-0.2, -0.15) is 5.10 Å². The molecule has 24 heavy (non-hydrogen) atoms. The van der Waals surface area contributed by atoms with Crippen LogP contribution in [-0.2, 0) is 0 Å². The molecule has 6 nitrogen and oxygen atoms in total. The van der Waals surface area contributed by atoms with Crippen molar-refractivity contribution in [3.8, 4) is 17.2 Å². The van der Waals surface area contributed by atoms with E-state index in [1.54, 1.807) is 42.5 Å². The van der Waals surface area contributed by atoms with Gasteiger partial charge in [0.25, 0.3) is 5.91 Å². The number of phenols is 1. The highest BCUT2D eigenvalue weighted by Gasteiger charge is 2.11. The first-order valence-electron chi connectivity index (χ1n) is 7.66. The molecule has 0 aromatic heterocycles. The number of hydrogen-bond acceptors (Lipinski definition) is 5. The van der Waals surface area contributed by atoms with Gasteiger partial charge in [0, 0.05) is 11.1 Å². The monoisotopic (exact) mass is 328 g/mol. The number of nitrogens with one attached hydrogen (secondary N) is 1. The van der Waals surface area contributed by atoms with Gasteiger partial charge in [-0.15, -0.1) is 0 Å². The Morgan fingerprint density at radius 3 is 2.54 bits per heavy atom. The molecule has 0 bridgehead atoms. The molecule has 0 aliphatic carbocycles. The first-order valence-corrected chi connectivity index (χ1v) is 7.66. The van der Waals surface area contributed by atoms with Crippen LogP contribution in [-0.4, -0.2) is 30.4 Å². The summed E-state index contributed by atoms with van der Waals surface area (Å²) in [5.41, 5.74) is 3.33. The second-order valence-electron chi connectivity index (χ2n) is 4.79. The molecule has 0 aliphatic heterocycles. The number of nitrogens with zero attached hydrogens (tertiary/aromatic N) is 1. The number of carbonyl (C=O) groups excluding carboxylic acids is 1. The number of benzene rings is 2. The van der Waals surface area contributed by atoms with Crippen molar-refractivity contribution < 1.29 is 19.4 Å². The largest absolute Gasteiger partial charge is 0.507 e. The first kappa shape index (κ1) is 17.3. The summed E-state index contributed by atoms with van der Waals surface area (Å²) < 4.78 is 11.0. The average molecular weight is 328 g/mol. The highest BCUT2D eigenvalue weighted by Crippen LogP contribution is 2.28. The van der Waals surface area contributed by atoms with Crippen molar-refractivity contribution in [3.05, 3.63) is 53.6 Å². The molecule has 0 radical (unpaired) electrons. The van der Waals surface area contributed by atoms with Crippen LogP contribution in [0.3, 0.4) is 0 Å². The maximum absolute atomic E-state index is 12.2. The van der Waals surface area contributed by atoms with Crippen LogP contribution in [0.2, 0.25) is 0 Å². The summed E-state index contributed by atoms with van der Waals surface area (Å²) in [5.74, 6) is 0.811. The number of aromatic hydroxyl groups is 1. The van der Waals surface area contributed by atoms with E-state index in [-0.39, 0.29) is 11.7 Å². The Morgan fingerprint density at radius 1 is 1.12 bits per heavy atom. The maximum atomic E-state index is 12.2. The van der Waals surface area contributed by atoms with Gasteiger partial charge in [0.15, 0.2) is 11.5 Å². The van der Waals surface area contributed by atoms with E-state index in [0.717, 1.165) is 0 Å². The van der Waals surface area contributed by atoms with Gasteiger partial charge in [-0.05, 0) is 44.2 Å². The molecule has 0 saturated heterocycles. The molecule has 6 heteroatoms. The molecule has 0 spiro atoms. The summed E-state index contributed by atoms with van der Waals surface area (Å²) >= 11 is 0. The van der Waals surface area contributed by atoms with Gasteiger partial charge < -0.3 is 14.6 Å². The molecular weight excluding hydrogens is 308 g/mol. The number of amides is 1. The summed E-state index contributed by atoms with van der Waals surface area (Å²) in [4.78, 5) is 12.2. The van der Waals surface area contributed by atoms with Crippen LogP contribution in [0.15, 0.2) is 47.6 Å². The zero-order valence-corrected chi connectivity index (χ0v) is 13.7. The van der Waals surface area contributed by atoms with Gasteiger partial charge in [0.05, 0.1) is 19.4 Å². The standard InChI is InChI=1S/C18H20N2O4/c1-3-23-16-10-9-13(11-17(16)24-4-2)18(22)20-19-12-14-7-5-6-8-15(14)21/h5-12,21H,3-4H2,1-2H3,(H,20,22)/b19-12+. The molecule has 126 valence electrons. The molecule has 0 fully saturated rings. The molecule has 1 amide bonds. The van der Waals surface area contributed by atoms with Crippen LogP contribution in [0.4, 0.5) is 0 Å². The minimum atomic E-state index is -0.384. The Balaban J connectivity index is 2.09. The number of hydrazone groups is 1. The van der Waals surface area contributed by atoms with Gasteiger partial charge in [-0.25, -0.2) is 5.43 Å². The van der Waals surface area contributed by atoms with Gasteiger partial charge in [-0.3, -0.25) is 4.79 Å². The highest BCUT2D eigenvalue weighted by molar-refractivity contribution is 5.95. The van der Waals surface area contributed by atoms with Crippen molar-refractivity contribution in [2.24, 2.45) is 5.10 Å². The normalized spacial score (nSPS) is 10.6. The molecule has 0 atom stereocenters. The summed E-state index contributed by atoms with van der Waals surface area (Å²) in [6, 6.07) is 11.6. The zero-order chi connectivity index (χ0) is 17.4. The average Bonchev–Trinajstić information content (AvgIpc) is 2.58. The van der Waals surface area contributed by atoms with Crippen molar-refractivity contribution in [1.29, 1.82) is 0 Å². The van der Waals surface area contributed by atoms with Crippen molar-refractivity contribution in [2.75, 3.05) is 13.2 Å². The minimum Gasteiger partial charge on any atom is -0.507 e. The van der Waals surface area contributed by atoms with Crippen LogP contribution < -0.4 is 14.9 Å². The molecule has 2 aromatic rings. The Labute approximate surface area is 140 Å². The predicted octanol–water partition coefficient (Wildman–Crippen LogP) is 2.95. The van der Waals surface area contributed by atoms with E-state index in [1.165, 1.54) is 6.21 Å². The smallest absolute Gasteiger partial charge is 0.271 e. The quantitative estimate of drug-likeness (QED) is 0.605. The topological polar surface area (TPSA) is 80.2 Å². The first-order chi connectivity index (χ1) is 11.7. The fourth-order valence-corrected chi connectivity index (χ4v) is 2.01. The molecule has 0 unspecified atom stereocenters. The van der Waals surface area contributed by atoms with E-state index in [4.69, 9.17) is 9.47 Å².